The SMILES string of the molecule is OC[C@]12OC=C[C@H]1O2. The number of fused-ring (bicyclic) bond motifs is 1. The largest absolute Gasteiger partial charge is 0.464 e. The van der Waals surface area contributed by atoms with Crippen molar-refractivity contribution < 1.29 is 14.6 Å². The summed E-state index contributed by atoms with van der Waals surface area (Å²) in [5, 5.41) is 8.58. The molecular weight excluding hydrogens is 108 g/mol. The summed E-state index contributed by atoms with van der Waals surface area (Å²) in [6, 6.07) is 0. The number of hydrogen-bond donors (Lipinski definition) is 1. The molecule has 2 heterocycles. The Morgan fingerprint density at radius 2 is 2.62 bits per heavy atom. The Bertz CT molecular complexity index is 143. The molecule has 0 unspecified atom stereocenters. The third-order valence-electron chi connectivity index (χ3n) is 1.44. The van der Waals surface area contributed by atoms with Gasteiger partial charge in [-0.3, -0.25) is 0 Å². The highest BCUT2D eigenvalue weighted by atomic mass is 16.8. The maximum atomic E-state index is 8.58. The highest BCUT2D eigenvalue weighted by Gasteiger charge is 2.60. The van der Waals surface area contributed by atoms with Crippen LogP contribution < -0.4 is 0 Å². The zero-order valence-electron chi connectivity index (χ0n) is 4.20. The summed E-state index contributed by atoms with van der Waals surface area (Å²) in [4.78, 5) is 0. The predicted molar refractivity (Wildman–Crippen MR) is 24.9 cm³/mol. The maximum absolute atomic E-state index is 8.58. The summed E-state index contributed by atoms with van der Waals surface area (Å²) in [5.74, 6) is -0.653. The van der Waals surface area contributed by atoms with E-state index < -0.39 is 5.79 Å². The van der Waals surface area contributed by atoms with Gasteiger partial charge in [0.25, 0.3) is 5.79 Å². The number of hydrogen-bond acceptors (Lipinski definition) is 3. The first-order chi connectivity index (χ1) is 3.87. The van der Waals surface area contributed by atoms with Crippen molar-refractivity contribution in [2.75, 3.05) is 6.61 Å². The van der Waals surface area contributed by atoms with Gasteiger partial charge in [-0.1, -0.05) is 0 Å². The van der Waals surface area contributed by atoms with Gasteiger partial charge in [0.1, 0.15) is 6.61 Å². The standard InChI is InChI=1S/C5H6O3/c6-3-5-4(8-5)1-2-7-5/h1-2,4,6H,3H2/t4-,5-/m1/s1. The van der Waals surface area contributed by atoms with E-state index in [2.05, 4.69) is 0 Å². The molecule has 0 aromatic carbocycles. The molecule has 2 atom stereocenters. The summed E-state index contributed by atoms with van der Waals surface area (Å²) in [5.41, 5.74) is 0. The lowest BCUT2D eigenvalue weighted by molar-refractivity contribution is -0.0234. The van der Waals surface area contributed by atoms with Gasteiger partial charge >= 0.3 is 0 Å². The second-order valence-electron chi connectivity index (χ2n) is 1.95. The molecule has 0 aromatic rings. The molecule has 1 N–H and O–H groups in total. The molecule has 44 valence electrons. The number of aliphatic hydroxyl groups excluding tert-OH is 1. The van der Waals surface area contributed by atoms with Crippen LogP contribution in [0.25, 0.3) is 0 Å². The molecule has 0 aromatic heterocycles. The summed E-state index contributed by atoms with van der Waals surface area (Å²) >= 11 is 0. The highest BCUT2D eigenvalue weighted by molar-refractivity contribution is 5.12. The monoisotopic (exact) mass is 114 g/mol. The number of ether oxygens (including phenoxy) is 2. The summed E-state index contributed by atoms with van der Waals surface area (Å²) in [6.45, 7) is -0.0509. The van der Waals surface area contributed by atoms with Crippen LogP contribution in [-0.4, -0.2) is 23.6 Å². The van der Waals surface area contributed by atoms with E-state index in [1.807, 2.05) is 0 Å². The molecule has 3 heteroatoms. The van der Waals surface area contributed by atoms with E-state index in [1.165, 1.54) is 0 Å². The molecule has 3 nitrogen and oxygen atoms in total. The lowest BCUT2D eigenvalue weighted by atomic mass is 10.3. The molecular formula is C5H6O3. The Labute approximate surface area is 46.5 Å². The van der Waals surface area contributed by atoms with Crippen molar-refractivity contribution in [3.8, 4) is 0 Å². The van der Waals surface area contributed by atoms with Gasteiger partial charge in [0.05, 0.1) is 6.26 Å². The highest BCUT2D eigenvalue weighted by Crippen LogP contribution is 2.42. The predicted octanol–water partition coefficient (Wildman–Crippen LogP) is -0.382. The molecule has 2 aliphatic heterocycles. The van der Waals surface area contributed by atoms with E-state index in [4.69, 9.17) is 14.6 Å². The summed E-state index contributed by atoms with van der Waals surface area (Å²) in [6.07, 6.45) is 3.37. The van der Waals surface area contributed by atoms with E-state index >= 15 is 0 Å². The smallest absolute Gasteiger partial charge is 0.264 e. The van der Waals surface area contributed by atoms with Crippen LogP contribution in [-0.2, 0) is 9.47 Å². The fourth-order valence-electron chi connectivity index (χ4n) is 0.852. The van der Waals surface area contributed by atoms with Crippen LogP contribution in [0.15, 0.2) is 12.3 Å². The third kappa shape index (κ3) is 0.319. The Morgan fingerprint density at radius 1 is 1.75 bits per heavy atom. The van der Waals surface area contributed by atoms with Gasteiger partial charge in [-0.15, -0.1) is 0 Å². The maximum Gasteiger partial charge on any atom is 0.264 e. The second kappa shape index (κ2) is 1.06. The minimum Gasteiger partial charge on any atom is -0.464 e. The second-order valence-corrected chi connectivity index (χ2v) is 1.95. The minimum absolute atomic E-state index is 0.0208. The van der Waals surface area contributed by atoms with Gasteiger partial charge < -0.3 is 14.6 Å². The average Bonchev–Trinajstić information content (AvgIpc) is 2.38. The molecule has 0 saturated carbocycles. The van der Waals surface area contributed by atoms with Crippen molar-refractivity contribution in [2.24, 2.45) is 0 Å². The molecule has 0 radical (unpaired) electrons. The van der Waals surface area contributed by atoms with Crippen LogP contribution in [0.5, 0.6) is 0 Å². The lowest BCUT2D eigenvalue weighted by Crippen LogP contribution is -2.17. The van der Waals surface area contributed by atoms with Crippen molar-refractivity contribution in [3.63, 3.8) is 0 Å². The van der Waals surface area contributed by atoms with Gasteiger partial charge in [-0.2, -0.15) is 0 Å². The van der Waals surface area contributed by atoms with Crippen LogP contribution in [0.2, 0.25) is 0 Å². The number of epoxide rings is 1. The molecule has 0 aliphatic carbocycles. The first kappa shape index (κ1) is 4.35. The molecule has 8 heavy (non-hydrogen) atoms. The van der Waals surface area contributed by atoms with Crippen molar-refractivity contribution in [3.05, 3.63) is 12.3 Å². The van der Waals surface area contributed by atoms with Crippen molar-refractivity contribution in [2.45, 2.75) is 11.9 Å². The van der Waals surface area contributed by atoms with E-state index in [9.17, 15) is 0 Å². The summed E-state index contributed by atoms with van der Waals surface area (Å²) < 4.78 is 9.84. The average molecular weight is 114 g/mol. The molecule has 0 bridgehead atoms. The molecule has 0 spiro atoms. The molecule has 2 aliphatic rings. The van der Waals surface area contributed by atoms with Gasteiger partial charge in [0.2, 0.25) is 0 Å². The molecule has 1 saturated heterocycles. The van der Waals surface area contributed by atoms with Crippen LogP contribution in [0.4, 0.5) is 0 Å². The van der Waals surface area contributed by atoms with Crippen molar-refractivity contribution >= 4 is 0 Å². The van der Waals surface area contributed by atoms with Crippen LogP contribution in [0, 0.1) is 0 Å². The molecule has 0 amide bonds. The zero-order valence-corrected chi connectivity index (χ0v) is 4.20. The first-order valence-corrected chi connectivity index (χ1v) is 2.50. The normalized spacial score (nSPS) is 48.4. The third-order valence-corrected chi connectivity index (χ3v) is 1.44. The fraction of sp³-hybridized carbons (Fsp3) is 0.600. The van der Waals surface area contributed by atoms with Gasteiger partial charge in [-0.05, 0) is 6.08 Å². The Kier molecular flexibility index (Phi) is 0.578. The van der Waals surface area contributed by atoms with E-state index in [0.29, 0.717) is 0 Å². The van der Waals surface area contributed by atoms with Crippen LogP contribution >= 0.6 is 0 Å². The summed E-state index contributed by atoms with van der Waals surface area (Å²) in [7, 11) is 0. The topological polar surface area (TPSA) is 42.0 Å². The van der Waals surface area contributed by atoms with E-state index in [1.54, 1.807) is 12.3 Å². The van der Waals surface area contributed by atoms with Gasteiger partial charge in [0, 0.05) is 0 Å². The Balaban J connectivity index is 2.15. The van der Waals surface area contributed by atoms with E-state index in [-0.39, 0.29) is 12.7 Å². The fourth-order valence-corrected chi connectivity index (χ4v) is 0.852. The Hall–Kier alpha value is -0.540. The first-order valence-electron chi connectivity index (χ1n) is 2.50. The van der Waals surface area contributed by atoms with Crippen LogP contribution in [0.1, 0.15) is 0 Å². The number of rotatable bonds is 1. The number of aliphatic hydroxyl groups is 1. The van der Waals surface area contributed by atoms with E-state index in [0.717, 1.165) is 0 Å². The van der Waals surface area contributed by atoms with Crippen molar-refractivity contribution in [1.82, 2.24) is 0 Å². The lowest BCUT2D eigenvalue weighted by Gasteiger charge is -2.02. The minimum atomic E-state index is -0.653. The van der Waals surface area contributed by atoms with Gasteiger partial charge in [-0.25, -0.2) is 0 Å². The molecule has 1 fully saturated rings. The Morgan fingerprint density at radius 3 is 2.88 bits per heavy atom. The quantitative estimate of drug-likeness (QED) is 0.472. The van der Waals surface area contributed by atoms with Gasteiger partial charge in [0.15, 0.2) is 6.10 Å². The van der Waals surface area contributed by atoms with Crippen LogP contribution in [0.3, 0.4) is 0 Å². The zero-order chi connectivity index (χ0) is 5.61. The van der Waals surface area contributed by atoms with Crippen molar-refractivity contribution in [1.29, 1.82) is 0 Å². The molecule has 2 rings (SSSR count).